The number of hydrogen-bond donors (Lipinski definition) is 2. The van der Waals surface area contributed by atoms with Gasteiger partial charge in [-0.15, -0.1) is 0 Å². The molecule has 0 aromatic rings. The predicted octanol–water partition coefficient (Wildman–Crippen LogP) is 12.2. The van der Waals surface area contributed by atoms with Crippen LogP contribution in [0.15, 0.2) is 48.6 Å². The molecule has 0 heterocycles. The Morgan fingerprint density at radius 1 is 0.593 bits per heavy atom. The van der Waals surface area contributed by atoms with Gasteiger partial charge in [0.05, 0.1) is 13.2 Å². The molecule has 0 saturated heterocycles. The van der Waals surface area contributed by atoms with Gasteiger partial charge < -0.3 is 19.7 Å². The summed E-state index contributed by atoms with van der Waals surface area (Å²) in [4.78, 5) is 35.0. The number of hydrogen-bond acceptors (Lipinski definition) is 8. The van der Waals surface area contributed by atoms with Gasteiger partial charge in [-0.1, -0.05) is 165 Å². The van der Waals surface area contributed by atoms with Gasteiger partial charge >= 0.3 is 19.8 Å². The summed E-state index contributed by atoms with van der Waals surface area (Å²) in [6.45, 7) is 4.07. The first kappa shape index (κ1) is 52.0. The summed E-state index contributed by atoms with van der Waals surface area (Å²) in [5, 5.41) is 2.82. The van der Waals surface area contributed by atoms with Crippen molar-refractivity contribution in [2.45, 2.75) is 187 Å². The second-order valence-corrected chi connectivity index (χ2v) is 15.6. The van der Waals surface area contributed by atoms with Gasteiger partial charge in [-0.2, -0.15) is 0 Å². The Morgan fingerprint density at radius 3 is 1.57 bits per heavy atom. The fourth-order valence-electron chi connectivity index (χ4n) is 5.72. The molecule has 9 nitrogen and oxygen atoms in total. The van der Waals surface area contributed by atoms with Crippen LogP contribution < -0.4 is 5.32 Å². The standard InChI is InChI=1S/C44H80NO8P/c1-4-6-8-10-12-14-16-18-20-21-23-25-27-29-31-33-35-37-44(47)53-42(41-52-54(48,49)51-39-38-45-3)40-50-43(46)36-34-32-30-28-26-24-22-19-17-15-13-11-9-7-5-2/h7,9,13,15,19,22,26,28,42,45H,4-6,8,10-12,14,16-18,20-21,23-25,27,29-41H2,1-3H3,(H,48,49)/b9-7-,15-13-,22-19-,28-26-. The molecule has 0 amide bonds. The van der Waals surface area contributed by atoms with E-state index in [1.54, 1.807) is 7.05 Å². The molecule has 0 spiro atoms. The first-order chi connectivity index (χ1) is 26.3. The van der Waals surface area contributed by atoms with E-state index in [-0.39, 0.29) is 26.1 Å². The normalized spacial score (nSPS) is 13.8. The molecule has 0 fully saturated rings. The van der Waals surface area contributed by atoms with Crippen LogP contribution in [0, 0.1) is 0 Å². The Labute approximate surface area is 330 Å². The van der Waals surface area contributed by atoms with E-state index in [0.29, 0.717) is 19.4 Å². The molecule has 0 saturated carbocycles. The second-order valence-electron chi connectivity index (χ2n) is 14.1. The quantitative estimate of drug-likeness (QED) is 0.0271. The third kappa shape index (κ3) is 39.7. The van der Waals surface area contributed by atoms with Gasteiger partial charge in [0.25, 0.3) is 0 Å². The van der Waals surface area contributed by atoms with Crippen molar-refractivity contribution in [2.24, 2.45) is 0 Å². The maximum atomic E-state index is 12.6. The molecule has 0 aliphatic heterocycles. The van der Waals surface area contributed by atoms with E-state index in [1.165, 1.54) is 89.9 Å². The smallest absolute Gasteiger partial charge is 0.462 e. The molecule has 0 aromatic carbocycles. The summed E-state index contributed by atoms with van der Waals surface area (Å²) < 4.78 is 33.1. The second kappa shape index (κ2) is 40.6. The van der Waals surface area contributed by atoms with Crippen molar-refractivity contribution in [1.29, 1.82) is 0 Å². The number of allylic oxidation sites excluding steroid dienone is 8. The lowest BCUT2D eigenvalue weighted by atomic mass is 10.0. The first-order valence-electron chi connectivity index (χ1n) is 21.6. The van der Waals surface area contributed by atoms with Gasteiger partial charge in [-0.05, 0) is 58.4 Å². The molecule has 0 bridgehead atoms. The van der Waals surface area contributed by atoms with E-state index in [2.05, 4.69) is 67.8 Å². The number of ether oxygens (including phenoxy) is 2. The zero-order valence-electron chi connectivity index (χ0n) is 34.7. The number of unbranched alkanes of at least 4 members (excludes halogenated alkanes) is 18. The molecule has 0 aliphatic rings. The minimum Gasteiger partial charge on any atom is -0.462 e. The van der Waals surface area contributed by atoms with Crippen molar-refractivity contribution in [1.82, 2.24) is 5.32 Å². The van der Waals surface area contributed by atoms with Gasteiger partial charge in [0, 0.05) is 19.4 Å². The largest absolute Gasteiger partial charge is 0.472 e. The Hall–Kier alpha value is -2.03. The molecule has 314 valence electrons. The maximum Gasteiger partial charge on any atom is 0.472 e. The van der Waals surface area contributed by atoms with E-state index < -0.39 is 32.5 Å². The van der Waals surface area contributed by atoms with Crippen LogP contribution in [0.25, 0.3) is 0 Å². The van der Waals surface area contributed by atoms with Crippen LogP contribution in [0.4, 0.5) is 0 Å². The third-order valence-electron chi connectivity index (χ3n) is 8.96. The number of likely N-dealkylation sites (N-methyl/N-ethyl adjacent to an activating group) is 1. The van der Waals surface area contributed by atoms with Gasteiger partial charge in [0.2, 0.25) is 0 Å². The maximum absolute atomic E-state index is 12.6. The molecular weight excluding hydrogens is 701 g/mol. The molecule has 0 aromatic heterocycles. The van der Waals surface area contributed by atoms with Crippen molar-refractivity contribution in [2.75, 3.05) is 33.4 Å². The number of nitrogens with one attached hydrogen (secondary N) is 1. The van der Waals surface area contributed by atoms with E-state index in [0.717, 1.165) is 51.4 Å². The zero-order chi connectivity index (χ0) is 39.6. The van der Waals surface area contributed by atoms with Crippen molar-refractivity contribution in [3.05, 3.63) is 48.6 Å². The number of esters is 2. The number of phosphoric acid groups is 1. The molecule has 10 heteroatoms. The Morgan fingerprint density at radius 2 is 1.06 bits per heavy atom. The van der Waals surface area contributed by atoms with Gasteiger partial charge in [-0.25, -0.2) is 4.57 Å². The fraction of sp³-hybridized carbons (Fsp3) is 0.773. The van der Waals surface area contributed by atoms with Crippen LogP contribution in [0.3, 0.4) is 0 Å². The molecule has 0 radical (unpaired) electrons. The molecule has 2 unspecified atom stereocenters. The molecule has 0 rings (SSSR count). The highest BCUT2D eigenvalue weighted by Crippen LogP contribution is 2.43. The summed E-state index contributed by atoms with van der Waals surface area (Å²) >= 11 is 0. The molecular formula is C44H80NO8P. The highest BCUT2D eigenvalue weighted by atomic mass is 31.2. The predicted molar refractivity (Wildman–Crippen MR) is 224 cm³/mol. The van der Waals surface area contributed by atoms with Crippen LogP contribution in [-0.4, -0.2) is 56.3 Å². The van der Waals surface area contributed by atoms with E-state index in [9.17, 15) is 19.0 Å². The van der Waals surface area contributed by atoms with Crippen molar-refractivity contribution in [3.8, 4) is 0 Å². The molecule has 2 N–H and O–H groups in total. The number of phosphoric ester groups is 1. The summed E-state index contributed by atoms with van der Waals surface area (Å²) in [5.74, 6) is -0.853. The topological polar surface area (TPSA) is 120 Å². The van der Waals surface area contributed by atoms with E-state index >= 15 is 0 Å². The third-order valence-corrected chi connectivity index (χ3v) is 9.95. The summed E-state index contributed by atoms with van der Waals surface area (Å²) in [5.41, 5.74) is 0. The highest BCUT2D eigenvalue weighted by molar-refractivity contribution is 7.47. The summed E-state index contributed by atoms with van der Waals surface area (Å²) in [6, 6.07) is 0. The lowest BCUT2D eigenvalue weighted by Gasteiger charge is -2.20. The molecule has 54 heavy (non-hydrogen) atoms. The summed E-state index contributed by atoms with van der Waals surface area (Å²) in [7, 11) is -2.66. The average Bonchev–Trinajstić information content (AvgIpc) is 3.15. The molecule has 2 atom stereocenters. The monoisotopic (exact) mass is 782 g/mol. The summed E-state index contributed by atoms with van der Waals surface area (Å²) in [6.07, 6.45) is 44.4. The van der Waals surface area contributed by atoms with Crippen molar-refractivity contribution >= 4 is 19.8 Å². The highest BCUT2D eigenvalue weighted by Gasteiger charge is 2.26. The van der Waals surface area contributed by atoms with Gasteiger partial charge in [0.15, 0.2) is 6.10 Å². The van der Waals surface area contributed by atoms with E-state index in [1.807, 2.05) is 0 Å². The van der Waals surface area contributed by atoms with Crippen LogP contribution >= 0.6 is 7.82 Å². The van der Waals surface area contributed by atoms with Crippen LogP contribution in [0.5, 0.6) is 0 Å². The van der Waals surface area contributed by atoms with Crippen molar-refractivity contribution in [3.63, 3.8) is 0 Å². The molecule has 0 aliphatic carbocycles. The Bertz CT molecular complexity index is 1030. The zero-order valence-corrected chi connectivity index (χ0v) is 35.6. The van der Waals surface area contributed by atoms with Crippen LogP contribution in [0.2, 0.25) is 0 Å². The number of carbonyl (C=O) groups excluding carboxylic acids is 2. The minimum atomic E-state index is -4.36. The van der Waals surface area contributed by atoms with Gasteiger partial charge in [-0.3, -0.25) is 18.6 Å². The lowest BCUT2D eigenvalue weighted by molar-refractivity contribution is -0.161. The number of rotatable bonds is 40. The SMILES string of the molecule is CC/C=C\C/C=C\C/C=C\C/C=C\CCCCC(=O)OCC(COP(=O)(O)OCCNC)OC(=O)CCCCCCCCCCCCCCCCCCC. The lowest BCUT2D eigenvalue weighted by Crippen LogP contribution is -2.29. The number of carbonyl (C=O) groups is 2. The fourth-order valence-corrected chi connectivity index (χ4v) is 6.47. The Kier molecular flexibility index (Phi) is 39.1. The first-order valence-corrected chi connectivity index (χ1v) is 23.1. The Balaban J connectivity index is 4.27. The average molecular weight is 782 g/mol. The minimum absolute atomic E-state index is 0.0239. The van der Waals surface area contributed by atoms with Crippen LogP contribution in [-0.2, 0) is 32.7 Å². The van der Waals surface area contributed by atoms with Crippen molar-refractivity contribution < 1.29 is 37.6 Å². The van der Waals surface area contributed by atoms with Gasteiger partial charge in [0.1, 0.15) is 6.61 Å². The van der Waals surface area contributed by atoms with E-state index in [4.69, 9.17) is 18.5 Å². The van der Waals surface area contributed by atoms with Crippen LogP contribution in [0.1, 0.15) is 181 Å².